The second-order valence-corrected chi connectivity index (χ2v) is 11.3. The molecular weight excluding hydrogens is 444 g/mol. The number of nitrogens with one attached hydrogen (secondary N) is 1. The van der Waals surface area contributed by atoms with Crippen molar-refractivity contribution >= 4 is 21.4 Å². The van der Waals surface area contributed by atoms with Gasteiger partial charge in [-0.3, -0.25) is 9.69 Å². The van der Waals surface area contributed by atoms with E-state index in [2.05, 4.69) is 60.5 Å². The third-order valence-electron chi connectivity index (χ3n) is 5.54. The Morgan fingerprint density at radius 2 is 1.38 bits per heavy atom. The first kappa shape index (κ1) is 25.7. The van der Waals surface area contributed by atoms with Crippen molar-refractivity contribution in [3.63, 3.8) is 0 Å². The highest BCUT2D eigenvalue weighted by atomic mass is 32.2. The number of hydrogen-bond donors (Lipinski definition) is 1. The maximum atomic E-state index is 12.5. The van der Waals surface area contributed by atoms with Crippen molar-refractivity contribution in [2.75, 3.05) is 17.6 Å². The fourth-order valence-corrected chi connectivity index (χ4v) is 4.75. The SMILES string of the molecule is CCS(=O)(=O)c1ccc(CC(=O)Nc2ccc(CN(Cc3ccccc3)CC(C)C)cc2)cc1. The zero-order chi connectivity index (χ0) is 24.6. The van der Waals surface area contributed by atoms with Crippen LogP contribution in [0.25, 0.3) is 0 Å². The summed E-state index contributed by atoms with van der Waals surface area (Å²) in [5.74, 6) is 0.493. The van der Waals surface area contributed by atoms with Gasteiger partial charge in [-0.1, -0.05) is 75.4 Å². The van der Waals surface area contributed by atoms with E-state index in [9.17, 15) is 13.2 Å². The first-order valence-corrected chi connectivity index (χ1v) is 13.4. The molecule has 0 saturated heterocycles. The number of nitrogens with zero attached hydrogens (tertiary/aromatic N) is 1. The van der Waals surface area contributed by atoms with Crippen molar-refractivity contribution in [2.24, 2.45) is 5.92 Å². The van der Waals surface area contributed by atoms with Gasteiger partial charge in [0.1, 0.15) is 0 Å². The molecule has 0 heterocycles. The number of carbonyl (C=O) groups excluding carboxylic acids is 1. The predicted octanol–water partition coefficient (Wildman–Crippen LogP) is 5.32. The minimum absolute atomic E-state index is 0.0598. The molecule has 3 rings (SSSR count). The van der Waals surface area contributed by atoms with Crippen molar-refractivity contribution in [1.29, 1.82) is 0 Å². The van der Waals surface area contributed by atoms with Gasteiger partial charge in [-0.2, -0.15) is 0 Å². The molecule has 0 unspecified atom stereocenters. The molecule has 0 spiro atoms. The molecule has 0 fully saturated rings. The Bertz CT molecular complexity index is 1160. The molecule has 0 radical (unpaired) electrons. The van der Waals surface area contributed by atoms with E-state index in [4.69, 9.17) is 0 Å². The summed E-state index contributed by atoms with van der Waals surface area (Å²) >= 11 is 0. The highest BCUT2D eigenvalue weighted by Crippen LogP contribution is 2.16. The van der Waals surface area contributed by atoms with Gasteiger partial charge in [0.25, 0.3) is 0 Å². The third kappa shape index (κ3) is 7.82. The molecule has 3 aromatic carbocycles. The van der Waals surface area contributed by atoms with E-state index in [-0.39, 0.29) is 23.0 Å². The summed E-state index contributed by atoms with van der Waals surface area (Å²) < 4.78 is 23.9. The maximum absolute atomic E-state index is 12.5. The van der Waals surface area contributed by atoms with Crippen LogP contribution in [0.5, 0.6) is 0 Å². The second-order valence-electron chi connectivity index (χ2n) is 9.02. The molecule has 6 heteroatoms. The molecule has 0 aliphatic carbocycles. The van der Waals surface area contributed by atoms with Gasteiger partial charge in [0, 0.05) is 25.3 Å². The van der Waals surface area contributed by atoms with E-state index in [1.807, 2.05) is 18.2 Å². The Labute approximate surface area is 203 Å². The van der Waals surface area contributed by atoms with Crippen LogP contribution in [-0.4, -0.2) is 31.5 Å². The van der Waals surface area contributed by atoms with Gasteiger partial charge in [0.2, 0.25) is 5.91 Å². The van der Waals surface area contributed by atoms with E-state index in [1.165, 1.54) is 11.1 Å². The summed E-state index contributed by atoms with van der Waals surface area (Å²) in [6.07, 6.45) is 0.188. The molecule has 1 amide bonds. The van der Waals surface area contributed by atoms with Crippen LogP contribution in [0.4, 0.5) is 5.69 Å². The molecule has 0 saturated carbocycles. The van der Waals surface area contributed by atoms with Gasteiger partial charge < -0.3 is 5.32 Å². The monoisotopic (exact) mass is 478 g/mol. The van der Waals surface area contributed by atoms with Gasteiger partial charge in [-0.25, -0.2) is 8.42 Å². The summed E-state index contributed by atoms with van der Waals surface area (Å²) in [6.45, 7) is 8.82. The van der Waals surface area contributed by atoms with Crippen molar-refractivity contribution in [3.8, 4) is 0 Å². The molecule has 0 aromatic heterocycles. The first-order chi connectivity index (χ1) is 16.2. The first-order valence-electron chi connectivity index (χ1n) is 11.7. The molecule has 5 nitrogen and oxygen atoms in total. The third-order valence-corrected chi connectivity index (χ3v) is 7.29. The quantitative estimate of drug-likeness (QED) is 0.405. The molecule has 0 aliphatic heterocycles. The lowest BCUT2D eigenvalue weighted by Crippen LogP contribution is -2.27. The predicted molar refractivity (Wildman–Crippen MR) is 138 cm³/mol. The Balaban J connectivity index is 1.57. The lowest BCUT2D eigenvalue weighted by molar-refractivity contribution is -0.115. The Hall–Kier alpha value is -2.96. The van der Waals surface area contributed by atoms with E-state index < -0.39 is 9.84 Å². The van der Waals surface area contributed by atoms with Gasteiger partial charge in [0.15, 0.2) is 9.84 Å². The molecule has 1 N–H and O–H groups in total. The highest BCUT2D eigenvalue weighted by molar-refractivity contribution is 7.91. The molecule has 180 valence electrons. The number of benzene rings is 3. The molecular formula is C28H34N2O3S. The van der Waals surface area contributed by atoms with Gasteiger partial charge in [0.05, 0.1) is 17.1 Å². The standard InChI is InChI=1S/C28H34N2O3S/c1-4-34(32,33)27-16-12-23(13-17-27)18-28(31)29-26-14-10-25(11-15-26)21-30(19-22(2)3)20-24-8-6-5-7-9-24/h5-17,22H,4,18-21H2,1-3H3,(H,29,31). The van der Waals surface area contributed by atoms with Gasteiger partial charge in [-0.05, 0) is 46.9 Å². The van der Waals surface area contributed by atoms with Crippen molar-refractivity contribution in [2.45, 2.75) is 45.2 Å². The summed E-state index contributed by atoms with van der Waals surface area (Å²) in [5, 5.41) is 2.93. The Morgan fingerprint density at radius 3 is 1.94 bits per heavy atom. The summed E-state index contributed by atoms with van der Waals surface area (Å²) in [4.78, 5) is 15.2. The number of rotatable bonds is 11. The molecule has 34 heavy (non-hydrogen) atoms. The van der Waals surface area contributed by atoms with E-state index >= 15 is 0 Å². The van der Waals surface area contributed by atoms with Crippen LogP contribution in [-0.2, 0) is 34.1 Å². The lowest BCUT2D eigenvalue weighted by atomic mass is 10.1. The van der Waals surface area contributed by atoms with Crippen molar-refractivity contribution in [3.05, 3.63) is 95.6 Å². The average molecular weight is 479 g/mol. The number of hydrogen-bond acceptors (Lipinski definition) is 4. The lowest BCUT2D eigenvalue weighted by Gasteiger charge is -2.24. The van der Waals surface area contributed by atoms with E-state index in [0.29, 0.717) is 5.92 Å². The number of sulfone groups is 1. The number of amides is 1. The molecule has 0 atom stereocenters. The molecule has 0 aliphatic rings. The fraction of sp³-hybridized carbons (Fsp3) is 0.321. The second kappa shape index (κ2) is 12.0. The summed E-state index contributed by atoms with van der Waals surface area (Å²) in [5.41, 5.74) is 4.02. The van der Waals surface area contributed by atoms with Crippen LogP contribution in [0.2, 0.25) is 0 Å². The maximum Gasteiger partial charge on any atom is 0.228 e. The van der Waals surface area contributed by atoms with E-state index in [0.717, 1.165) is 30.9 Å². The average Bonchev–Trinajstić information content (AvgIpc) is 2.81. The van der Waals surface area contributed by atoms with Gasteiger partial charge in [-0.15, -0.1) is 0 Å². The minimum Gasteiger partial charge on any atom is -0.326 e. The minimum atomic E-state index is -3.23. The van der Waals surface area contributed by atoms with Gasteiger partial charge >= 0.3 is 0 Å². The van der Waals surface area contributed by atoms with E-state index in [1.54, 1.807) is 31.2 Å². The van der Waals surface area contributed by atoms with Crippen LogP contribution < -0.4 is 5.32 Å². The highest BCUT2D eigenvalue weighted by Gasteiger charge is 2.12. The Kier molecular flexibility index (Phi) is 9.02. The van der Waals surface area contributed by atoms with Crippen LogP contribution in [0, 0.1) is 5.92 Å². The largest absolute Gasteiger partial charge is 0.326 e. The van der Waals surface area contributed by atoms with Crippen molar-refractivity contribution < 1.29 is 13.2 Å². The van der Waals surface area contributed by atoms with Crippen molar-refractivity contribution in [1.82, 2.24) is 4.90 Å². The van der Waals surface area contributed by atoms with Crippen LogP contribution >= 0.6 is 0 Å². The molecule has 3 aromatic rings. The number of anilines is 1. The van der Waals surface area contributed by atoms with Crippen LogP contribution in [0.3, 0.4) is 0 Å². The molecule has 0 bridgehead atoms. The normalized spacial score (nSPS) is 11.7. The smallest absolute Gasteiger partial charge is 0.228 e. The summed E-state index contributed by atoms with van der Waals surface area (Å²) in [6, 6.07) is 25.0. The summed E-state index contributed by atoms with van der Waals surface area (Å²) in [7, 11) is -3.23. The van der Waals surface area contributed by atoms with Crippen LogP contribution in [0.15, 0.2) is 83.8 Å². The zero-order valence-corrected chi connectivity index (χ0v) is 21.0. The number of carbonyl (C=O) groups is 1. The zero-order valence-electron chi connectivity index (χ0n) is 20.2. The topological polar surface area (TPSA) is 66.5 Å². The fourth-order valence-electron chi connectivity index (χ4n) is 3.87. The Morgan fingerprint density at radius 1 is 0.824 bits per heavy atom. The van der Waals surface area contributed by atoms with Crippen LogP contribution in [0.1, 0.15) is 37.5 Å².